The highest BCUT2D eigenvalue weighted by atomic mass is 32.2. The standard InChI is InChI=1S/C37H37NO10S/c1-3-4-10-30(49-24-31(36(42)44-2)38-37(43)47-23-25-8-6-5-7-9-25)22-32(39)26-11-13-28(14-12-26)35(41)46-20-19-45-29-17-15-27-16-18-34(40)48-33(27)21-29/h5-9,11-18,21-22,31H,3-4,10,19-20,23-24H2,1-2H3,(H,38,43)/b30-22-/t31-/m0/s1. The molecule has 0 aliphatic carbocycles. The number of carbonyl (C=O) groups excluding carboxylic acids is 4. The molecular weight excluding hydrogens is 650 g/mol. The van der Waals surface area contributed by atoms with E-state index >= 15 is 0 Å². The Labute approximate surface area is 287 Å². The minimum absolute atomic E-state index is 0.0246. The van der Waals surface area contributed by atoms with E-state index < -0.39 is 29.7 Å². The zero-order valence-corrected chi connectivity index (χ0v) is 28.0. The van der Waals surface area contributed by atoms with Gasteiger partial charge in [-0.25, -0.2) is 19.2 Å². The Morgan fingerprint density at radius 2 is 1.63 bits per heavy atom. The minimum Gasteiger partial charge on any atom is -0.490 e. The second-order valence-electron chi connectivity index (χ2n) is 10.7. The topological polar surface area (TPSA) is 147 Å². The van der Waals surface area contributed by atoms with Crippen molar-refractivity contribution in [1.82, 2.24) is 5.32 Å². The van der Waals surface area contributed by atoms with Crippen molar-refractivity contribution < 1.29 is 42.5 Å². The SMILES string of the molecule is CCCC/C(=C/C(=O)c1ccc(C(=O)OCCOc2ccc3ccc(=O)oc3c2)cc1)SC[C@H](NC(=O)OCc1ccccc1)C(=O)OC. The minimum atomic E-state index is -0.996. The van der Waals surface area contributed by atoms with Gasteiger partial charge in [0.2, 0.25) is 0 Å². The van der Waals surface area contributed by atoms with Crippen LogP contribution in [0.2, 0.25) is 0 Å². The summed E-state index contributed by atoms with van der Waals surface area (Å²) < 4.78 is 26.2. The maximum atomic E-state index is 13.2. The molecule has 1 atom stereocenters. The Kier molecular flexibility index (Phi) is 14.0. The average molecular weight is 688 g/mol. The summed E-state index contributed by atoms with van der Waals surface area (Å²) in [5.41, 5.74) is 1.36. The van der Waals surface area contributed by atoms with E-state index in [4.69, 9.17) is 23.4 Å². The fourth-order valence-electron chi connectivity index (χ4n) is 4.45. The maximum Gasteiger partial charge on any atom is 0.408 e. The summed E-state index contributed by atoms with van der Waals surface area (Å²) in [7, 11) is 1.23. The van der Waals surface area contributed by atoms with Gasteiger partial charge < -0.3 is 28.7 Å². The second-order valence-corrected chi connectivity index (χ2v) is 11.8. The normalized spacial score (nSPS) is 11.8. The van der Waals surface area contributed by atoms with Gasteiger partial charge in [0, 0.05) is 28.8 Å². The highest BCUT2D eigenvalue weighted by Gasteiger charge is 2.23. The first kappa shape index (κ1) is 36.5. The van der Waals surface area contributed by atoms with E-state index in [9.17, 15) is 24.0 Å². The van der Waals surface area contributed by atoms with Gasteiger partial charge in [-0.1, -0.05) is 55.8 Å². The third-order valence-electron chi connectivity index (χ3n) is 7.08. The van der Waals surface area contributed by atoms with Crippen LogP contribution in [0.25, 0.3) is 11.0 Å². The van der Waals surface area contributed by atoms with Crippen LogP contribution in [0.3, 0.4) is 0 Å². The number of hydrogen-bond donors (Lipinski definition) is 1. The van der Waals surface area contributed by atoms with Crippen LogP contribution in [0, 0.1) is 0 Å². The molecule has 0 saturated heterocycles. The van der Waals surface area contributed by atoms with Crippen molar-refractivity contribution in [2.24, 2.45) is 0 Å². The van der Waals surface area contributed by atoms with Gasteiger partial charge in [-0.2, -0.15) is 0 Å². The van der Waals surface area contributed by atoms with Crippen molar-refractivity contribution in [3.8, 4) is 5.75 Å². The molecule has 0 spiro atoms. The second kappa shape index (κ2) is 18.8. The van der Waals surface area contributed by atoms with Crippen LogP contribution in [-0.2, 0) is 25.6 Å². The first-order chi connectivity index (χ1) is 23.7. The van der Waals surface area contributed by atoms with Crippen molar-refractivity contribution in [3.63, 3.8) is 0 Å². The number of esters is 2. The third kappa shape index (κ3) is 11.7. The molecule has 4 aromatic rings. The monoisotopic (exact) mass is 687 g/mol. The number of benzene rings is 3. The van der Waals surface area contributed by atoms with Crippen molar-refractivity contribution in [2.45, 2.75) is 38.8 Å². The van der Waals surface area contributed by atoms with Crippen LogP contribution in [0.1, 0.15) is 52.5 Å². The Hall–Kier alpha value is -5.36. The summed E-state index contributed by atoms with van der Waals surface area (Å²) >= 11 is 1.28. The largest absolute Gasteiger partial charge is 0.490 e. The van der Waals surface area contributed by atoms with Gasteiger partial charge in [0.05, 0.1) is 12.7 Å². The molecule has 0 saturated carbocycles. The molecule has 256 valence electrons. The smallest absolute Gasteiger partial charge is 0.408 e. The van der Waals surface area contributed by atoms with Crippen molar-refractivity contribution in [2.75, 3.05) is 26.1 Å². The lowest BCUT2D eigenvalue weighted by Gasteiger charge is -2.17. The molecule has 1 aromatic heterocycles. The van der Waals surface area contributed by atoms with Gasteiger partial charge in [-0.05, 0) is 59.7 Å². The molecule has 1 heterocycles. The van der Waals surface area contributed by atoms with Crippen LogP contribution >= 0.6 is 11.8 Å². The number of ketones is 1. The number of amides is 1. The summed E-state index contributed by atoms with van der Waals surface area (Å²) in [5.74, 6) is -0.901. The van der Waals surface area contributed by atoms with Crippen molar-refractivity contribution >= 4 is 46.5 Å². The van der Waals surface area contributed by atoms with E-state index in [-0.39, 0.29) is 36.9 Å². The molecule has 1 amide bonds. The summed E-state index contributed by atoms with van der Waals surface area (Å²) in [5, 5.41) is 3.31. The quantitative estimate of drug-likeness (QED) is 0.0325. The molecular formula is C37H37NO10S. The van der Waals surface area contributed by atoms with Crippen LogP contribution in [-0.4, -0.2) is 55.9 Å². The molecule has 0 radical (unpaired) electrons. The van der Waals surface area contributed by atoms with Crippen LogP contribution < -0.4 is 15.7 Å². The number of allylic oxidation sites excluding steroid dienone is 2. The Bertz CT molecular complexity index is 1820. The number of methoxy groups -OCH3 is 1. The summed E-state index contributed by atoms with van der Waals surface area (Å²) in [6, 6.07) is 22.3. The first-order valence-electron chi connectivity index (χ1n) is 15.6. The molecule has 0 fully saturated rings. The number of unbranched alkanes of at least 4 members (excludes halogenated alkanes) is 1. The molecule has 0 aliphatic heterocycles. The number of rotatable bonds is 17. The Morgan fingerprint density at radius 3 is 2.37 bits per heavy atom. The highest BCUT2D eigenvalue weighted by molar-refractivity contribution is 8.03. The molecule has 1 N–H and O–H groups in total. The van der Waals surface area contributed by atoms with Gasteiger partial charge >= 0.3 is 23.7 Å². The van der Waals surface area contributed by atoms with E-state index in [1.807, 2.05) is 37.3 Å². The summed E-state index contributed by atoms with van der Waals surface area (Å²) in [6.45, 7) is 2.13. The number of fused-ring (bicyclic) bond motifs is 1. The fourth-order valence-corrected chi connectivity index (χ4v) is 5.53. The first-order valence-corrected chi connectivity index (χ1v) is 16.6. The van der Waals surface area contributed by atoms with E-state index in [0.29, 0.717) is 23.3 Å². The Balaban J connectivity index is 1.29. The molecule has 11 nitrogen and oxygen atoms in total. The molecule has 12 heteroatoms. The zero-order chi connectivity index (χ0) is 35.0. The summed E-state index contributed by atoms with van der Waals surface area (Å²) in [6.07, 6.45) is 3.04. The summed E-state index contributed by atoms with van der Waals surface area (Å²) in [4.78, 5) is 62.7. The van der Waals surface area contributed by atoms with E-state index in [0.717, 1.165) is 28.7 Å². The molecule has 3 aromatic carbocycles. The lowest BCUT2D eigenvalue weighted by atomic mass is 10.1. The van der Waals surface area contributed by atoms with Gasteiger partial charge in [0.25, 0.3) is 0 Å². The van der Waals surface area contributed by atoms with Crippen LogP contribution in [0.4, 0.5) is 4.79 Å². The van der Waals surface area contributed by atoms with E-state index in [1.54, 1.807) is 36.4 Å². The predicted molar refractivity (Wildman–Crippen MR) is 185 cm³/mol. The van der Waals surface area contributed by atoms with E-state index in [1.165, 1.54) is 43.1 Å². The van der Waals surface area contributed by atoms with Gasteiger partial charge in [0.1, 0.15) is 37.2 Å². The lowest BCUT2D eigenvalue weighted by molar-refractivity contribution is -0.142. The van der Waals surface area contributed by atoms with Crippen molar-refractivity contribution in [3.05, 3.63) is 123 Å². The van der Waals surface area contributed by atoms with Gasteiger partial charge in [0.15, 0.2) is 5.78 Å². The average Bonchev–Trinajstić information content (AvgIpc) is 3.12. The van der Waals surface area contributed by atoms with Crippen molar-refractivity contribution in [1.29, 1.82) is 0 Å². The number of nitrogens with one attached hydrogen (secondary N) is 1. The molecule has 0 aliphatic rings. The molecule has 49 heavy (non-hydrogen) atoms. The molecule has 0 bridgehead atoms. The highest BCUT2D eigenvalue weighted by Crippen LogP contribution is 2.24. The predicted octanol–water partition coefficient (Wildman–Crippen LogP) is 6.49. The number of ether oxygens (including phenoxy) is 4. The number of thioether (sulfide) groups is 1. The number of carbonyl (C=O) groups is 4. The van der Waals surface area contributed by atoms with E-state index in [2.05, 4.69) is 5.32 Å². The number of alkyl carbamates (subject to hydrolysis) is 1. The molecule has 4 rings (SSSR count). The Morgan fingerprint density at radius 1 is 0.898 bits per heavy atom. The number of hydrogen-bond acceptors (Lipinski definition) is 11. The maximum absolute atomic E-state index is 13.2. The van der Waals surface area contributed by atoms with Gasteiger partial charge in [-0.15, -0.1) is 11.8 Å². The zero-order valence-electron chi connectivity index (χ0n) is 27.2. The fraction of sp³-hybridized carbons (Fsp3) is 0.270. The molecule has 0 unspecified atom stereocenters. The van der Waals surface area contributed by atoms with Crippen LogP contribution in [0.15, 0.2) is 105 Å². The lowest BCUT2D eigenvalue weighted by Crippen LogP contribution is -2.43. The van der Waals surface area contributed by atoms with Crippen LogP contribution in [0.5, 0.6) is 5.75 Å². The third-order valence-corrected chi connectivity index (χ3v) is 8.27. The van der Waals surface area contributed by atoms with Gasteiger partial charge in [-0.3, -0.25) is 4.79 Å².